The lowest BCUT2D eigenvalue weighted by atomic mass is 9.96. The summed E-state index contributed by atoms with van der Waals surface area (Å²) in [6.07, 6.45) is 5.62. The van der Waals surface area contributed by atoms with Crippen LogP contribution in [0.25, 0.3) is 0 Å². The third-order valence-electron chi connectivity index (χ3n) is 3.04. The molecule has 0 amide bonds. The molecule has 0 aromatic heterocycles. The number of hydrogen-bond acceptors (Lipinski definition) is 1. The van der Waals surface area contributed by atoms with Crippen molar-refractivity contribution in [2.45, 2.75) is 59.4 Å². The molecule has 0 spiro atoms. The molecule has 2 unspecified atom stereocenters. The average molecular weight is 183 g/mol. The molecular weight excluding hydrogens is 158 g/mol. The molecule has 1 fully saturated rings. The van der Waals surface area contributed by atoms with Crippen LogP contribution in [0.4, 0.5) is 0 Å². The fourth-order valence-corrected chi connectivity index (χ4v) is 2.08. The Hall–Kier alpha value is -0.0400. The van der Waals surface area contributed by atoms with Crippen molar-refractivity contribution < 1.29 is 0 Å². The second-order valence-electron chi connectivity index (χ2n) is 5.73. The van der Waals surface area contributed by atoms with Gasteiger partial charge in [0.25, 0.3) is 0 Å². The zero-order valence-electron chi connectivity index (χ0n) is 9.69. The van der Waals surface area contributed by atoms with Gasteiger partial charge in [0.1, 0.15) is 0 Å². The van der Waals surface area contributed by atoms with Crippen molar-refractivity contribution in [3.63, 3.8) is 0 Å². The van der Waals surface area contributed by atoms with Crippen LogP contribution in [0.3, 0.4) is 0 Å². The number of hydrogen-bond donors (Lipinski definition) is 1. The maximum atomic E-state index is 3.69. The van der Waals surface area contributed by atoms with E-state index in [4.69, 9.17) is 0 Å². The van der Waals surface area contributed by atoms with Crippen molar-refractivity contribution in [2.75, 3.05) is 6.54 Å². The summed E-state index contributed by atoms with van der Waals surface area (Å²) in [5.41, 5.74) is 0.435. The normalized spacial score (nSPS) is 29.5. The average Bonchev–Trinajstić information content (AvgIpc) is 2.47. The molecule has 1 heteroatoms. The lowest BCUT2D eigenvalue weighted by Crippen LogP contribution is -2.34. The summed E-state index contributed by atoms with van der Waals surface area (Å²) in [5, 5.41) is 3.69. The molecule has 1 aliphatic carbocycles. The molecule has 0 radical (unpaired) electrons. The third kappa shape index (κ3) is 4.12. The lowest BCUT2D eigenvalue weighted by Gasteiger charge is -2.22. The maximum absolute atomic E-state index is 3.69. The molecule has 1 N–H and O–H groups in total. The molecule has 0 aromatic carbocycles. The van der Waals surface area contributed by atoms with Crippen molar-refractivity contribution in [3.05, 3.63) is 0 Å². The molecule has 1 saturated carbocycles. The summed E-state index contributed by atoms with van der Waals surface area (Å²) >= 11 is 0. The quantitative estimate of drug-likeness (QED) is 0.708. The van der Waals surface area contributed by atoms with Crippen molar-refractivity contribution in [1.82, 2.24) is 5.32 Å². The molecule has 2 atom stereocenters. The van der Waals surface area contributed by atoms with Crippen LogP contribution < -0.4 is 5.32 Å². The Morgan fingerprint density at radius 3 is 2.38 bits per heavy atom. The topological polar surface area (TPSA) is 12.0 Å². The standard InChI is InChI=1S/C12H25N/c1-5-10-6-7-11(8-10)13-9-12(2,3)4/h10-11,13H,5-9H2,1-4H3. The van der Waals surface area contributed by atoms with E-state index < -0.39 is 0 Å². The third-order valence-corrected chi connectivity index (χ3v) is 3.04. The summed E-state index contributed by atoms with van der Waals surface area (Å²) in [6.45, 7) is 10.4. The smallest absolute Gasteiger partial charge is 0.00700 e. The van der Waals surface area contributed by atoms with Gasteiger partial charge in [-0.2, -0.15) is 0 Å². The molecule has 0 aromatic rings. The maximum Gasteiger partial charge on any atom is 0.00700 e. The van der Waals surface area contributed by atoms with Crippen LogP contribution in [-0.2, 0) is 0 Å². The van der Waals surface area contributed by atoms with Gasteiger partial charge < -0.3 is 5.32 Å². The summed E-state index contributed by atoms with van der Waals surface area (Å²) in [7, 11) is 0. The van der Waals surface area contributed by atoms with E-state index in [9.17, 15) is 0 Å². The second kappa shape index (κ2) is 4.45. The molecule has 1 rings (SSSR count). The number of rotatable bonds is 3. The minimum absolute atomic E-state index is 0.435. The van der Waals surface area contributed by atoms with Crippen LogP contribution in [-0.4, -0.2) is 12.6 Å². The monoisotopic (exact) mass is 183 g/mol. The van der Waals surface area contributed by atoms with Gasteiger partial charge in [-0.25, -0.2) is 0 Å². The molecule has 13 heavy (non-hydrogen) atoms. The van der Waals surface area contributed by atoms with Gasteiger partial charge in [-0.15, -0.1) is 0 Å². The van der Waals surface area contributed by atoms with E-state index in [0.717, 1.165) is 18.5 Å². The van der Waals surface area contributed by atoms with Gasteiger partial charge >= 0.3 is 0 Å². The highest BCUT2D eigenvalue weighted by Gasteiger charge is 2.23. The summed E-state index contributed by atoms with van der Waals surface area (Å²) in [4.78, 5) is 0. The van der Waals surface area contributed by atoms with Gasteiger partial charge in [-0.3, -0.25) is 0 Å². The first-order chi connectivity index (χ1) is 6.01. The summed E-state index contributed by atoms with van der Waals surface area (Å²) in [6, 6.07) is 0.809. The first-order valence-corrected chi connectivity index (χ1v) is 5.74. The van der Waals surface area contributed by atoms with Crippen LogP contribution in [0, 0.1) is 11.3 Å². The van der Waals surface area contributed by atoms with E-state index in [1.807, 2.05) is 0 Å². The Labute approximate surface area is 83.3 Å². The highest BCUT2D eigenvalue weighted by Crippen LogP contribution is 2.28. The minimum atomic E-state index is 0.435. The van der Waals surface area contributed by atoms with Gasteiger partial charge in [0, 0.05) is 12.6 Å². The molecule has 0 heterocycles. The van der Waals surface area contributed by atoms with Crippen molar-refractivity contribution in [1.29, 1.82) is 0 Å². The summed E-state index contributed by atoms with van der Waals surface area (Å²) < 4.78 is 0. The fourth-order valence-electron chi connectivity index (χ4n) is 2.08. The first kappa shape index (κ1) is 11.0. The van der Waals surface area contributed by atoms with E-state index in [1.165, 1.54) is 25.7 Å². The van der Waals surface area contributed by atoms with E-state index >= 15 is 0 Å². The van der Waals surface area contributed by atoms with Crippen LogP contribution in [0.2, 0.25) is 0 Å². The predicted molar refractivity (Wildman–Crippen MR) is 58.9 cm³/mol. The van der Waals surface area contributed by atoms with Crippen LogP contribution >= 0.6 is 0 Å². The van der Waals surface area contributed by atoms with E-state index in [-0.39, 0.29) is 0 Å². The zero-order valence-corrected chi connectivity index (χ0v) is 9.69. The van der Waals surface area contributed by atoms with E-state index in [2.05, 4.69) is 33.0 Å². The fraction of sp³-hybridized carbons (Fsp3) is 1.00. The van der Waals surface area contributed by atoms with Crippen molar-refractivity contribution >= 4 is 0 Å². The van der Waals surface area contributed by atoms with Gasteiger partial charge in [-0.05, 0) is 30.6 Å². The van der Waals surface area contributed by atoms with Crippen LogP contribution in [0.1, 0.15) is 53.4 Å². The molecule has 1 aliphatic rings. The zero-order chi connectivity index (χ0) is 9.90. The molecule has 0 bridgehead atoms. The van der Waals surface area contributed by atoms with Crippen LogP contribution in [0.5, 0.6) is 0 Å². The molecular formula is C12H25N. The van der Waals surface area contributed by atoms with Crippen molar-refractivity contribution in [3.8, 4) is 0 Å². The van der Waals surface area contributed by atoms with Gasteiger partial charge in [0.15, 0.2) is 0 Å². The molecule has 0 saturated heterocycles. The molecule has 1 nitrogen and oxygen atoms in total. The molecule has 78 valence electrons. The summed E-state index contributed by atoms with van der Waals surface area (Å²) in [5.74, 6) is 0.998. The van der Waals surface area contributed by atoms with Crippen molar-refractivity contribution in [2.24, 2.45) is 11.3 Å². The second-order valence-corrected chi connectivity index (χ2v) is 5.73. The van der Waals surface area contributed by atoms with Crippen LogP contribution in [0.15, 0.2) is 0 Å². The Morgan fingerprint density at radius 1 is 1.23 bits per heavy atom. The van der Waals surface area contributed by atoms with E-state index in [1.54, 1.807) is 0 Å². The Kier molecular flexibility index (Phi) is 3.78. The Bertz CT molecular complexity index is 146. The number of nitrogens with one attached hydrogen (secondary N) is 1. The largest absolute Gasteiger partial charge is 0.313 e. The first-order valence-electron chi connectivity index (χ1n) is 5.74. The van der Waals surface area contributed by atoms with Gasteiger partial charge in [0.05, 0.1) is 0 Å². The highest BCUT2D eigenvalue weighted by molar-refractivity contribution is 4.81. The van der Waals surface area contributed by atoms with E-state index in [0.29, 0.717) is 5.41 Å². The van der Waals surface area contributed by atoms with Gasteiger partial charge in [0.2, 0.25) is 0 Å². The minimum Gasteiger partial charge on any atom is -0.313 e. The SMILES string of the molecule is CCC1CCC(NCC(C)(C)C)C1. The Morgan fingerprint density at radius 2 is 1.92 bits per heavy atom. The molecule has 0 aliphatic heterocycles. The predicted octanol–water partition coefficient (Wildman–Crippen LogP) is 3.20. The highest BCUT2D eigenvalue weighted by atomic mass is 14.9. The Balaban J connectivity index is 2.17. The lowest BCUT2D eigenvalue weighted by molar-refractivity contribution is 0.347. The van der Waals surface area contributed by atoms with Gasteiger partial charge in [-0.1, -0.05) is 34.1 Å².